The number of aromatic nitrogens is 1. The first-order chi connectivity index (χ1) is 15.9. The van der Waals surface area contributed by atoms with Crippen molar-refractivity contribution in [3.05, 3.63) is 78.6 Å². The molecule has 4 aromatic rings. The third kappa shape index (κ3) is 4.15. The van der Waals surface area contributed by atoms with Crippen LogP contribution in [0, 0.1) is 5.82 Å². The number of hydrogen-bond donors (Lipinski definition) is 1. The summed E-state index contributed by atoms with van der Waals surface area (Å²) in [6.07, 6.45) is 0.980. The Morgan fingerprint density at radius 2 is 1.76 bits per heavy atom. The van der Waals surface area contributed by atoms with Crippen LogP contribution in [-0.4, -0.2) is 36.2 Å². The largest absolute Gasteiger partial charge is 0.324 e. The Balaban J connectivity index is 1.42. The van der Waals surface area contributed by atoms with Gasteiger partial charge in [-0.3, -0.25) is 4.79 Å². The van der Waals surface area contributed by atoms with E-state index >= 15 is 0 Å². The van der Waals surface area contributed by atoms with Gasteiger partial charge in [0.2, 0.25) is 15.9 Å². The molecule has 33 heavy (non-hydrogen) atoms. The van der Waals surface area contributed by atoms with Crippen LogP contribution < -0.4 is 5.32 Å². The van der Waals surface area contributed by atoms with Crippen molar-refractivity contribution in [2.24, 2.45) is 0 Å². The number of amides is 1. The summed E-state index contributed by atoms with van der Waals surface area (Å²) in [4.78, 5) is 17.9. The summed E-state index contributed by atoms with van der Waals surface area (Å²) >= 11 is 1.53. The van der Waals surface area contributed by atoms with Crippen molar-refractivity contribution in [2.75, 3.05) is 11.9 Å². The van der Waals surface area contributed by atoms with Gasteiger partial charge in [0.05, 0.1) is 20.8 Å². The monoisotopic (exact) mass is 481 g/mol. The lowest BCUT2D eigenvalue weighted by Crippen LogP contribution is -2.43. The van der Waals surface area contributed by atoms with E-state index in [0.29, 0.717) is 18.5 Å². The fourth-order valence-corrected chi connectivity index (χ4v) is 6.68. The molecule has 1 N–H and O–H groups in total. The van der Waals surface area contributed by atoms with E-state index in [0.717, 1.165) is 32.9 Å². The van der Waals surface area contributed by atoms with Crippen molar-refractivity contribution < 1.29 is 17.6 Å². The third-order valence-electron chi connectivity index (χ3n) is 5.64. The number of carbonyl (C=O) groups excluding carboxylic acids is 1. The maximum absolute atomic E-state index is 13.3. The lowest BCUT2D eigenvalue weighted by Gasteiger charge is -2.23. The highest BCUT2D eigenvalue weighted by Gasteiger charge is 2.39. The van der Waals surface area contributed by atoms with Gasteiger partial charge in [-0.2, -0.15) is 4.31 Å². The normalized spacial score (nSPS) is 16.8. The van der Waals surface area contributed by atoms with Crippen LogP contribution in [0.1, 0.15) is 12.8 Å². The highest BCUT2D eigenvalue weighted by molar-refractivity contribution is 7.89. The molecule has 9 heteroatoms. The van der Waals surface area contributed by atoms with Gasteiger partial charge in [0.25, 0.3) is 0 Å². The van der Waals surface area contributed by atoms with Crippen LogP contribution in [0.15, 0.2) is 77.7 Å². The summed E-state index contributed by atoms with van der Waals surface area (Å²) in [6, 6.07) is 19.0. The first kappa shape index (κ1) is 21.7. The molecule has 1 saturated heterocycles. The molecule has 0 bridgehead atoms. The summed E-state index contributed by atoms with van der Waals surface area (Å²) in [5, 5.41) is 3.69. The van der Waals surface area contributed by atoms with Gasteiger partial charge in [-0.1, -0.05) is 24.3 Å². The molecular formula is C24H20FN3O3S2. The second-order valence-electron chi connectivity index (χ2n) is 7.75. The van der Waals surface area contributed by atoms with Crippen LogP contribution in [-0.2, 0) is 14.8 Å². The van der Waals surface area contributed by atoms with Crippen molar-refractivity contribution in [1.29, 1.82) is 0 Å². The molecular weight excluding hydrogens is 461 g/mol. The number of thiazole rings is 1. The minimum atomic E-state index is -3.93. The second kappa shape index (κ2) is 8.66. The van der Waals surface area contributed by atoms with E-state index in [2.05, 4.69) is 10.3 Å². The maximum Gasteiger partial charge on any atom is 0.243 e. The molecule has 5 rings (SSSR count). The van der Waals surface area contributed by atoms with Gasteiger partial charge in [-0.25, -0.2) is 17.8 Å². The molecule has 0 unspecified atom stereocenters. The molecule has 1 atom stereocenters. The SMILES string of the molecule is O=C(Nc1ccccc1-c1nc2ccccc2s1)[C@H]1CCCN1S(=O)(=O)c1ccc(F)cc1. The van der Waals surface area contributed by atoms with E-state index in [9.17, 15) is 17.6 Å². The zero-order valence-electron chi connectivity index (χ0n) is 17.4. The van der Waals surface area contributed by atoms with Crippen LogP contribution in [0.4, 0.5) is 10.1 Å². The van der Waals surface area contributed by atoms with Crippen molar-refractivity contribution in [2.45, 2.75) is 23.8 Å². The van der Waals surface area contributed by atoms with Crippen LogP contribution in [0.5, 0.6) is 0 Å². The number of fused-ring (bicyclic) bond motifs is 1. The van der Waals surface area contributed by atoms with Crippen molar-refractivity contribution in [1.82, 2.24) is 9.29 Å². The minimum Gasteiger partial charge on any atom is -0.324 e. The van der Waals surface area contributed by atoms with E-state index in [1.807, 2.05) is 42.5 Å². The van der Waals surface area contributed by atoms with Gasteiger partial charge >= 0.3 is 0 Å². The Morgan fingerprint density at radius 1 is 1.03 bits per heavy atom. The Morgan fingerprint density at radius 3 is 2.55 bits per heavy atom. The molecule has 0 saturated carbocycles. The van der Waals surface area contributed by atoms with E-state index in [1.165, 1.54) is 27.8 Å². The standard InChI is InChI=1S/C24H20FN3O3S2/c25-16-11-13-17(14-12-16)33(30,31)28-15-5-9-21(28)23(29)26-19-7-2-1-6-18(19)24-27-20-8-3-4-10-22(20)32-24/h1-4,6-8,10-14,21H,5,9,15H2,(H,26,29)/t21-/m1/s1. The van der Waals surface area contributed by atoms with Crippen molar-refractivity contribution in [3.8, 4) is 10.6 Å². The van der Waals surface area contributed by atoms with Crippen LogP contribution >= 0.6 is 11.3 Å². The van der Waals surface area contributed by atoms with Gasteiger partial charge in [-0.15, -0.1) is 11.3 Å². The average molecular weight is 482 g/mol. The highest BCUT2D eigenvalue weighted by Crippen LogP contribution is 2.35. The molecule has 1 amide bonds. The van der Waals surface area contributed by atoms with Crippen molar-refractivity contribution in [3.63, 3.8) is 0 Å². The molecule has 1 aromatic heterocycles. The molecule has 0 radical (unpaired) electrons. The second-order valence-corrected chi connectivity index (χ2v) is 10.7. The van der Waals surface area contributed by atoms with E-state index in [4.69, 9.17) is 0 Å². The zero-order chi connectivity index (χ0) is 23.0. The van der Waals surface area contributed by atoms with E-state index in [-0.39, 0.29) is 11.4 Å². The molecule has 1 aliphatic heterocycles. The maximum atomic E-state index is 13.3. The summed E-state index contributed by atoms with van der Waals surface area (Å²) in [7, 11) is -3.93. The first-order valence-electron chi connectivity index (χ1n) is 10.5. The summed E-state index contributed by atoms with van der Waals surface area (Å²) in [5.41, 5.74) is 2.23. The van der Waals surface area contributed by atoms with Gasteiger partial charge in [0.1, 0.15) is 16.9 Å². The van der Waals surface area contributed by atoms with Crippen molar-refractivity contribution >= 4 is 43.2 Å². The number of rotatable bonds is 5. The van der Waals surface area contributed by atoms with Gasteiger partial charge in [0.15, 0.2) is 0 Å². The predicted molar refractivity (Wildman–Crippen MR) is 127 cm³/mol. The Bertz CT molecular complexity index is 1400. The predicted octanol–water partition coefficient (Wildman–Crippen LogP) is 4.89. The third-order valence-corrected chi connectivity index (χ3v) is 8.63. The number of hydrogen-bond acceptors (Lipinski definition) is 5. The van der Waals surface area contributed by atoms with Gasteiger partial charge in [-0.05, 0) is 61.4 Å². The number of nitrogens with one attached hydrogen (secondary N) is 1. The Hall–Kier alpha value is -3.14. The summed E-state index contributed by atoms with van der Waals surface area (Å²) in [6.45, 7) is 0.233. The Kier molecular flexibility index (Phi) is 5.69. The molecule has 1 aliphatic rings. The number of anilines is 1. The number of halogens is 1. The molecule has 0 spiro atoms. The van der Waals surface area contributed by atoms with Gasteiger partial charge < -0.3 is 5.32 Å². The fourth-order valence-electron chi connectivity index (χ4n) is 4.01. The van der Waals surface area contributed by atoms with Crippen LogP contribution in [0.2, 0.25) is 0 Å². The molecule has 0 aliphatic carbocycles. The average Bonchev–Trinajstić information content (AvgIpc) is 3.47. The highest BCUT2D eigenvalue weighted by atomic mass is 32.2. The summed E-state index contributed by atoms with van der Waals surface area (Å²) in [5.74, 6) is -0.914. The lowest BCUT2D eigenvalue weighted by atomic mass is 10.1. The summed E-state index contributed by atoms with van der Waals surface area (Å²) < 4.78 is 41.7. The van der Waals surface area contributed by atoms with Crippen LogP contribution in [0.3, 0.4) is 0 Å². The number of benzene rings is 3. The zero-order valence-corrected chi connectivity index (χ0v) is 19.1. The first-order valence-corrected chi connectivity index (χ1v) is 12.7. The quantitative estimate of drug-likeness (QED) is 0.440. The smallest absolute Gasteiger partial charge is 0.243 e. The fraction of sp³-hybridized carbons (Fsp3) is 0.167. The molecule has 168 valence electrons. The van der Waals surface area contributed by atoms with E-state index < -0.39 is 27.8 Å². The minimum absolute atomic E-state index is 0.0292. The topological polar surface area (TPSA) is 79.4 Å². The van der Waals surface area contributed by atoms with E-state index in [1.54, 1.807) is 6.07 Å². The number of carbonyl (C=O) groups is 1. The molecule has 3 aromatic carbocycles. The van der Waals surface area contributed by atoms with Gasteiger partial charge in [0, 0.05) is 12.1 Å². The molecule has 6 nitrogen and oxygen atoms in total. The Labute approximate surface area is 194 Å². The number of nitrogens with zero attached hydrogens (tertiary/aromatic N) is 2. The molecule has 2 heterocycles. The number of para-hydroxylation sites is 2. The lowest BCUT2D eigenvalue weighted by molar-refractivity contribution is -0.119. The van der Waals surface area contributed by atoms with Crippen LogP contribution in [0.25, 0.3) is 20.8 Å². The number of sulfonamides is 1. The molecule has 1 fully saturated rings.